The highest BCUT2D eigenvalue weighted by molar-refractivity contribution is 6.01. The molecule has 0 fully saturated rings. The lowest BCUT2D eigenvalue weighted by Gasteiger charge is -2.15. The number of carbonyl (C=O) groups is 1. The summed E-state index contributed by atoms with van der Waals surface area (Å²) in [4.78, 5) is 14.7. The monoisotopic (exact) mass is 339 g/mol. The van der Waals surface area contributed by atoms with E-state index in [1.165, 1.54) is 0 Å². The van der Waals surface area contributed by atoms with E-state index in [1.54, 1.807) is 12.1 Å². The van der Waals surface area contributed by atoms with Crippen LogP contribution in [0.3, 0.4) is 0 Å². The predicted molar refractivity (Wildman–Crippen MR) is 98.0 cm³/mol. The predicted octanol–water partition coefficient (Wildman–Crippen LogP) is 4.16. The lowest BCUT2D eigenvalue weighted by atomic mass is 10.1. The van der Waals surface area contributed by atoms with E-state index in [2.05, 4.69) is 6.92 Å². The molecule has 0 spiro atoms. The summed E-state index contributed by atoms with van der Waals surface area (Å²) in [6.07, 6.45) is 4.08. The second-order valence-electron chi connectivity index (χ2n) is 6.49. The van der Waals surface area contributed by atoms with Crippen molar-refractivity contribution < 1.29 is 14.6 Å². The summed E-state index contributed by atoms with van der Waals surface area (Å²) in [5.74, 6) is 1.03. The number of fused-ring (bicyclic) bond motifs is 1. The first kappa shape index (κ1) is 17.3. The van der Waals surface area contributed by atoms with E-state index < -0.39 is 0 Å². The minimum atomic E-state index is 0.0554. The van der Waals surface area contributed by atoms with Crippen molar-refractivity contribution in [2.75, 3.05) is 13.2 Å². The van der Waals surface area contributed by atoms with Crippen molar-refractivity contribution in [2.45, 2.75) is 39.2 Å². The molecule has 1 aliphatic rings. The number of unbranched alkanes of at least 4 members (excludes halogenated alkanes) is 2. The molecule has 0 aliphatic carbocycles. The van der Waals surface area contributed by atoms with E-state index in [9.17, 15) is 9.90 Å². The summed E-state index contributed by atoms with van der Waals surface area (Å²) in [6, 6.07) is 13.0. The van der Waals surface area contributed by atoms with Gasteiger partial charge in [-0.25, -0.2) is 0 Å². The average Bonchev–Trinajstić information content (AvgIpc) is 2.95. The number of ether oxygens (including phenoxy) is 1. The molecule has 0 bridgehead atoms. The van der Waals surface area contributed by atoms with Gasteiger partial charge in [-0.2, -0.15) is 0 Å². The van der Waals surface area contributed by atoms with Gasteiger partial charge in [0.1, 0.15) is 11.5 Å². The van der Waals surface area contributed by atoms with E-state index in [4.69, 9.17) is 4.74 Å². The molecule has 0 atom stereocenters. The Morgan fingerprint density at radius 3 is 2.68 bits per heavy atom. The van der Waals surface area contributed by atoms with Crippen LogP contribution in [0.25, 0.3) is 0 Å². The van der Waals surface area contributed by atoms with Crippen LogP contribution in [0.5, 0.6) is 11.5 Å². The minimum absolute atomic E-state index is 0.0554. The molecule has 3 rings (SSSR count). The SMILES string of the molecule is CCCCCOc1cccc2c1C(=O)N(CCc1ccc(O)cc1)C2. The van der Waals surface area contributed by atoms with Crippen LogP contribution in [0, 0.1) is 0 Å². The highest BCUT2D eigenvalue weighted by atomic mass is 16.5. The van der Waals surface area contributed by atoms with E-state index in [-0.39, 0.29) is 11.7 Å². The first-order valence-corrected chi connectivity index (χ1v) is 9.01. The molecule has 4 nitrogen and oxygen atoms in total. The number of benzene rings is 2. The molecule has 2 aromatic carbocycles. The van der Waals surface area contributed by atoms with Crippen LogP contribution in [0.15, 0.2) is 42.5 Å². The first-order valence-electron chi connectivity index (χ1n) is 9.01. The fraction of sp³-hybridized carbons (Fsp3) is 0.381. The van der Waals surface area contributed by atoms with Gasteiger partial charge in [0, 0.05) is 13.1 Å². The Morgan fingerprint density at radius 1 is 1.12 bits per heavy atom. The first-order chi connectivity index (χ1) is 12.2. The van der Waals surface area contributed by atoms with Gasteiger partial charge < -0.3 is 14.7 Å². The summed E-state index contributed by atoms with van der Waals surface area (Å²) < 4.78 is 5.87. The van der Waals surface area contributed by atoms with Crippen LogP contribution in [-0.4, -0.2) is 29.1 Å². The standard InChI is InChI=1S/C21H25NO3/c1-2-3-4-14-25-19-7-5-6-17-15-22(21(24)20(17)19)13-12-16-8-10-18(23)11-9-16/h5-11,23H,2-4,12-15H2,1H3. The van der Waals surface area contributed by atoms with Crippen LogP contribution in [0.4, 0.5) is 0 Å². The van der Waals surface area contributed by atoms with Crippen molar-refractivity contribution in [1.82, 2.24) is 4.90 Å². The second-order valence-corrected chi connectivity index (χ2v) is 6.49. The third kappa shape index (κ3) is 4.13. The summed E-state index contributed by atoms with van der Waals surface area (Å²) in [5, 5.41) is 9.35. The molecule has 0 unspecified atom stereocenters. The van der Waals surface area contributed by atoms with Crippen LogP contribution >= 0.6 is 0 Å². The molecule has 2 aromatic rings. The Morgan fingerprint density at radius 2 is 1.92 bits per heavy atom. The number of amides is 1. The number of rotatable bonds is 8. The van der Waals surface area contributed by atoms with Gasteiger partial charge in [0.25, 0.3) is 5.91 Å². The molecule has 1 heterocycles. The zero-order chi connectivity index (χ0) is 17.6. The zero-order valence-electron chi connectivity index (χ0n) is 14.7. The number of phenolic OH excluding ortho intramolecular Hbond substituents is 1. The van der Waals surface area contributed by atoms with Crippen LogP contribution in [-0.2, 0) is 13.0 Å². The van der Waals surface area contributed by atoms with Crippen molar-refractivity contribution in [2.24, 2.45) is 0 Å². The molecule has 0 radical (unpaired) electrons. The third-order valence-corrected chi connectivity index (χ3v) is 4.59. The maximum atomic E-state index is 12.8. The quantitative estimate of drug-likeness (QED) is 0.735. The maximum absolute atomic E-state index is 12.8. The minimum Gasteiger partial charge on any atom is -0.508 e. The molecule has 132 valence electrons. The normalized spacial score (nSPS) is 13.2. The van der Waals surface area contributed by atoms with Crippen molar-refractivity contribution in [3.63, 3.8) is 0 Å². The Balaban J connectivity index is 1.63. The Kier molecular flexibility index (Phi) is 5.59. The fourth-order valence-corrected chi connectivity index (χ4v) is 3.15. The maximum Gasteiger partial charge on any atom is 0.258 e. The Hall–Kier alpha value is -2.49. The third-order valence-electron chi connectivity index (χ3n) is 4.59. The summed E-state index contributed by atoms with van der Waals surface area (Å²) in [5.41, 5.74) is 2.88. The van der Waals surface area contributed by atoms with E-state index in [0.29, 0.717) is 25.4 Å². The average molecular weight is 339 g/mol. The zero-order valence-corrected chi connectivity index (χ0v) is 14.7. The van der Waals surface area contributed by atoms with Crippen molar-refractivity contribution in [3.8, 4) is 11.5 Å². The highest BCUT2D eigenvalue weighted by Crippen LogP contribution is 2.31. The molecule has 1 aliphatic heterocycles. The van der Waals surface area contributed by atoms with Crippen molar-refractivity contribution in [1.29, 1.82) is 0 Å². The molecule has 0 saturated heterocycles. The van der Waals surface area contributed by atoms with E-state index >= 15 is 0 Å². The topological polar surface area (TPSA) is 49.8 Å². The number of aromatic hydroxyl groups is 1. The lowest BCUT2D eigenvalue weighted by molar-refractivity contribution is 0.0777. The largest absolute Gasteiger partial charge is 0.508 e. The number of hydrogen-bond donors (Lipinski definition) is 1. The van der Waals surface area contributed by atoms with E-state index in [1.807, 2.05) is 35.2 Å². The number of carbonyl (C=O) groups excluding carboxylic acids is 1. The lowest BCUT2D eigenvalue weighted by Crippen LogP contribution is -2.26. The van der Waals surface area contributed by atoms with Crippen LogP contribution in [0.2, 0.25) is 0 Å². The van der Waals surface area contributed by atoms with Gasteiger partial charge in [-0.3, -0.25) is 4.79 Å². The molecular formula is C21H25NO3. The molecule has 1 N–H and O–H groups in total. The van der Waals surface area contributed by atoms with Crippen LogP contribution < -0.4 is 4.74 Å². The van der Waals surface area contributed by atoms with Crippen LogP contribution in [0.1, 0.15) is 47.7 Å². The van der Waals surface area contributed by atoms with E-state index in [0.717, 1.165) is 42.4 Å². The molecule has 0 saturated carbocycles. The summed E-state index contributed by atoms with van der Waals surface area (Å²) in [7, 11) is 0. The van der Waals surface area contributed by atoms with Gasteiger partial charge in [0.15, 0.2) is 0 Å². The van der Waals surface area contributed by atoms with Gasteiger partial charge in [0.05, 0.1) is 12.2 Å². The van der Waals surface area contributed by atoms with Gasteiger partial charge in [-0.05, 0) is 42.2 Å². The number of nitrogens with zero attached hydrogens (tertiary/aromatic N) is 1. The molecule has 1 amide bonds. The molecule has 0 aromatic heterocycles. The van der Waals surface area contributed by atoms with Gasteiger partial charge in [-0.1, -0.05) is 44.0 Å². The van der Waals surface area contributed by atoms with Gasteiger partial charge >= 0.3 is 0 Å². The van der Waals surface area contributed by atoms with Gasteiger partial charge in [-0.15, -0.1) is 0 Å². The fourth-order valence-electron chi connectivity index (χ4n) is 3.15. The Labute approximate surface area is 149 Å². The number of hydrogen-bond acceptors (Lipinski definition) is 3. The smallest absolute Gasteiger partial charge is 0.258 e. The number of phenols is 1. The van der Waals surface area contributed by atoms with Crippen molar-refractivity contribution >= 4 is 5.91 Å². The molecule has 4 heteroatoms. The highest BCUT2D eigenvalue weighted by Gasteiger charge is 2.30. The summed E-state index contributed by atoms with van der Waals surface area (Å²) >= 11 is 0. The Bertz CT molecular complexity index is 724. The summed E-state index contributed by atoms with van der Waals surface area (Å²) in [6.45, 7) is 4.12. The van der Waals surface area contributed by atoms with Crippen molar-refractivity contribution in [3.05, 3.63) is 59.2 Å². The van der Waals surface area contributed by atoms with Gasteiger partial charge in [0.2, 0.25) is 0 Å². The second kappa shape index (κ2) is 8.06. The molecular weight excluding hydrogens is 314 g/mol. The molecule has 25 heavy (non-hydrogen) atoms.